The topological polar surface area (TPSA) is 62.5 Å². The van der Waals surface area contributed by atoms with Crippen LogP contribution in [0.5, 0.6) is 0 Å². The van der Waals surface area contributed by atoms with Gasteiger partial charge in [0.25, 0.3) is 5.69 Å². The van der Waals surface area contributed by atoms with Crippen LogP contribution in [0, 0.1) is 10.1 Å². The van der Waals surface area contributed by atoms with Gasteiger partial charge in [-0.2, -0.15) is 13.2 Å². The highest BCUT2D eigenvalue weighted by Gasteiger charge is 2.30. The van der Waals surface area contributed by atoms with Gasteiger partial charge in [-0.1, -0.05) is 12.1 Å². The molecule has 6 nitrogen and oxygen atoms in total. The highest BCUT2D eigenvalue weighted by Crippen LogP contribution is 2.29. The van der Waals surface area contributed by atoms with E-state index in [0.29, 0.717) is 18.9 Å². The first-order valence-corrected chi connectivity index (χ1v) is 8.57. The van der Waals surface area contributed by atoms with Crippen molar-refractivity contribution in [2.45, 2.75) is 19.1 Å². The van der Waals surface area contributed by atoms with Gasteiger partial charge in [-0.15, -0.1) is 0 Å². The first kappa shape index (κ1) is 19.1. The van der Waals surface area contributed by atoms with Crippen LogP contribution in [0.4, 0.5) is 24.7 Å². The van der Waals surface area contributed by atoms with E-state index in [1.807, 2.05) is 0 Å². The first-order chi connectivity index (χ1) is 12.8. The predicted molar refractivity (Wildman–Crippen MR) is 94.4 cm³/mol. The zero-order chi connectivity index (χ0) is 19.4. The largest absolute Gasteiger partial charge is 0.416 e. The Morgan fingerprint density at radius 2 is 1.78 bits per heavy atom. The van der Waals surface area contributed by atoms with E-state index in [9.17, 15) is 23.3 Å². The summed E-state index contributed by atoms with van der Waals surface area (Å²) in [5.41, 5.74) is 0.153. The van der Waals surface area contributed by atoms with Crippen molar-refractivity contribution < 1.29 is 18.1 Å². The van der Waals surface area contributed by atoms with Gasteiger partial charge in [0.2, 0.25) is 0 Å². The summed E-state index contributed by atoms with van der Waals surface area (Å²) >= 11 is 0. The Labute approximate surface area is 154 Å². The van der Waals surface area contributed by atoms with E-state index >= 15 is 0 Å². The molecule has 0 radical (unpaired) electrons. The normalized spacial score (nSPS) is 16.2. The molecule has 3 rings (SSSR count). The Kier molecular flexibility index (Phi) is 5.59. The van der Waals surface area contributed by atoms with Gasteiger partial charge in [-0.3, -0.25) is 15.0 Å². The SMILES string of the molecule is O=[N+]([O-])c1ccc(N2CCCN(Cc3ccc(C(F)(F)F)cc3)CC2)nc1. The number of nitrogens with zero attached hydrogens (tertiary/aromatic N) is 4. The van der Waals surface area contributed by atoms with Gasteiger partial charge in [0.1, 0.15) is 12.0 Å². The van der Waals surface area contributed by atoms with Crippen molar-refractivity contribution in [2.75, 3.05) is 31.1 Å². The molecular formula is C18H19F3N4O2. The number of halogens is 3. The highest BCUT2D eigenvalue weighted by atomic mass is 19.4. The molecule has 2 heterocycles. The molecule has 9 heteroatoms. The summed E-state index contributed by atoms with van der Waals surface area (Å²) < 4.78 is 37.9. The van der Waals surface area contributed by atoms with Crippen LogP contribution in [0.15, 0.2) is 42.6 Å². The fourth-order valence-electron chi connectivity index (χ4n) is 3.09. The molecule has 1 aromatic heterocycles. The quantitative estimate of drug-likeness (QED) is 0.598. The van der Waals surface area contributed by atoms with E-state index in [4.69, 9.17) is 0 Å². The van der Waals surface area contributed by atoms with Crippen molar-refractivity contribution in [1.82, 2.24) is 9.88 Å². The zero-order valence-electron chi connectivity index (χ0n) is 14.5. The lowest BCUT2D eigenvalue weighted by atomic mass is 10.1. The number of hydrogen-bond donors (Lipinski definition) is 0. The fraction of sp³-hybridized carbons (Fsp3) is 0.389. The molecule has 1 fully saturated rings. The van der Waals surface area contributed by atoms with Crippen LogP contribution in [0.3, 0.4) is 0 Å². The summed E-state index contributed by atoms with van der Waals surface area (Å²) in [7, 11) is 0. The third-order valence-electron chi connectivity index (χ3n) is 4.54. The van der Waals surface area contributed by atoms with E-state index in [-0.39, 0.29) is 5.69 Å². The summed E-state index contributed by atoms with van der Waals surface area (Å²) in [4.78, 5) is 18.7. The van der Waals surface area contributed by atoms with Crippen LogP contribution in [0.1, 0.15) is 17.5 Å². The molecule has 0 atom stereocenters. The zero-order valence-corrected chi connectivity index (χ0v) is 14.5. The van der Waals surface area contributed by atoms with Gasteiger partial charge in [0.15, 0.2) is 0 Å². The van der Waals surface area contributed by atoms with Crippen LogP contribution < -0.4 is 4.90 Å². The number of aromatic nitrogens is 1. The van der Waals surface area contributed by atoms with E-state index < -0.39 is 16.7 Å². The monoisotopic (exact) mass is 380 g/mol. The van der Waals surface area contributed by atoms with Gasteiger partial charge in [0.05, 0.1) is 10.5 Å². The van der Waals surface area contributed by atoms with Crippen molar-refractivity contribution in [3.05, 3.63) is 63.8 Å². The molecule has 27 heavy (non-hydrogen) atoms. The lowest BCUT2D eigenvalue weighted by Crippen LogP contribution is -2.30. The van der Waals surface area contributed by atoms with Crippen molar-refractivity contribution in [3.63, 3.8) is 0 Å². The van der Waals surface area contributed by atoms with Gasteiger partial charge in [-0.05, 0) is 30.2 Å². The second kappa shape index (κ2) is 7.91. The number of nitro groups is 1. The highest BCUT2D eigenvalue weighted by molar-refractivity contribution is 5.43. The number of benzene rings is 1. The number of anilines is 1. The number of pyridine rings is 1. The molecule has 0 amide bonds. The molecule has 0 N–H and O–H groups in total. The molecule has 2 aromatic rings. The van der Waals surface area contributed by atoms with Crippen LogP contribution in [0.25, 0.3) is 0 Å². The number of alkyl halides is 3. The van der Waals surface area contributed by atoms with Crippen molar-refractivity contribution in [2.24, 2.45) is 0 Å². The summed E-state index contributed by atoms with van der Waals surface area (Å²) in [6.45, 7) is 3.61. The molecule has 144 valence electrons. The molecule has 0 saturated carbocycles. The summed E-state index contributed by atoms with van der Waals surface area (Å²) in [6.07, 6.45) is -2.20. The number of hydrogen-bond acceptors (Lipinski definition) is 5. The second-order valence-electron chi connectivity index (χ2n) is 6.44. The Morgan fingerprint density at radius 1 is 1.04 bits per heavy atom. The summed E-state index contributed by atoms with van der Waals surface area (Å²) in [5.74, 6) is 0.692. The van der Waals surface area contributed by atoms with E-state index in [2.05, 4.69) is 14.8 Å². The van der Waals surface area contributed by atoms with Crippen molar-refractivity contribution >= 4 is 11.5 Å². The Balaban J connectivity index is 1.59. The summed E-state index contributed by atoms with van der Waals surface area (Å²) in [6, 6.07) is 8.34. The Hall–Kier alpha value is -2.68. The van der Waals surface area contributed by atoms with Crippen molar-refractivity contribution in [1.29, 1.82) is 0 Å². The molecule has 0 aliphatic carbocycles. The third kappa shape index (κ3) is 4.94. The van der Waals surface area contributed by atoms with E-state index in [1.54, 1.807) is 6.07 Å². The lowest BCUT2D eigenvalue weighted by Gasteiger charge is -2.22. The van der Waals surface area contributed by atoms with Gasteiger partial charge < -0.3 is 4.90 Å². The molecule has 1 aliphatic heterocycles. The standard InChI is InChI=1S/C18H19F3N4O2/c19-18(20,21)15-4-2-14(3-5-15)13-23-8-1-9-24(11-10-23)17-7-6-16(12-22-17)25(26)27/h2-7,12H,1,8-11,13H2. The fourth-order valence-corrected chi connectivity index (χ4v) is 3.09. The minimum absolute atomic E-state index is 0.0440. The minimum atomic E-state index is -4.32. The lowest BCUT2D eigenvalue weighted by molar-refractivity contribution is -0.385. The van der Waals surface area contributed by atoms with Gasteiger partial charge >= 0.3 is 6.18 Å². The molecule has 0 bridgehead atoms. The third-order valence-corrected chi connectivity index (χ3v) is 4.54. The Morgan fingerprint density at radius 3 is 2.37 bits per heavy atom. The van der Waals surface area contributed by atoms with Crippen LogP contribution >= 0.6 is 0 Å². The van der Waals surface area contributed by atoms with E-state index in [1.165, 1.54) is 24.4 Å². The Bertz CT molecular complexity index is 779. The van der Waals surface area contributed by atoms with Crippen LogP contribution in [0.2, 0.25) is 0 Å². The molecule has 1 aliphatic rings. The van der Waals surface area contributed by atoms with Crippen molar-refractivity contribution in [3.8, 4) is 0 Å². The smallest absolute Gasteiger partial charge is 0.355 e. The second-order valence-corrected chi connectivity index (χ2v) is 6.44. The minimum Gasteiger partial charge on any atom is -0.355 e. The maximum atomic E-state index is 12.6. The maximum absolute atomic E-state index is 12.6. The maximum Gasteiger partial charge on any atom is 0.416 e. The average Bonchev–Trinajstić information content (AvgIpc) is 2.87. The summed E-state index contributed by atoms with van der Waals surface area (Å²) in [5, 5.41) is 10.7. The van der Waals surface area contributed by atoms with Crippen LogP contribution in [-0.4, -0.2) is 41.0 Å². The predicted octanol–water partition coefficient (Wildman–Crippen LogP) is 3.72. The average molecular weight is 380 g/mol. The molecule has 1 aromatic carbocycles. The first-order valence-electron chi connectivity index (χ1n) is 8.57. The molecule has 0 spiro atoms. The van der Waals surface area contributed by atoms with E-state index in [0.717, 1.165) is 43.8 Å². The van der Waals surface area contributed by atoms with Crippen LogP contribution in [-0.2, 0) is 12.7 Å². The number of rotatable bonds is 4. The van der Waals surface area contributed by atoms with Gasteiger partial charge in [-0.25, -0.2) is 4.98 Å². The van der Waals surface area contributed by atoms with Gasteiger partial charge in [0, 0.05) is 38.8 Å². The molecule has 0 unspecified atom stereocenters. The molecule has 1 saturated heterocycles. The molecular weight excluding hydrogens is 361 g/mol.